The van der Waals surface area contributed by atoms with Crippen molar-refractivity contribution in [1.82, 2.24) is 0 Å². The molecule has 224 valence electrons. The average molecular weight is 521 g/mol. The minimum atomic E-state index is 1.02. The first-order valence-corrected chi connectivity index (χ1v) is 18.3. The van der Waals surface area contributed by atoms with E-state index in [4.69, 9.17) is 0 Å². The van der Waals surface area contributed by atoms with Crippen molar-refractivity contribution in [3.05, 3.63) is 0 Å². The van der Waals surface area contributed by atoms with Crippen molar-refractivity contribution in [2.24, 2.45) is 5.92 Å². The van der Waals surface area contributed by atoms with Gasteiger partial charge in [-0.2, -0.15) is 0 Å². The van der Waals surface area contributed by atoms with Crippen molar-refractivity contribution < 1.29 is 0 Å². The molecule has 0 nitrogen and oxygen atoms in total. The third-order valence-electron chi connectivity index (χ3n) is 9.01. The monoisotopic (exact) mass is 521 g/mol. The van der Waals surface area contributed by atoms with E-state index in [-0.39, 0.29) is 0 Å². The van der Waals surface area contributed by atoms with Crippen LogP contribution in [0.15, 0.2) is 0 Å². The van der Waals surface area contributed by atoms with Crippen molar-refractivity contribution in [3.8, 4) is 0 Å². The normalized spacial score (nSPS) is 11.7. The molecule has 0 amide bonds. The van der Waals surface area contributed by atoms with Gasteiger partial charge in [-0.15, -0.1) is 0 Å². The summed E-state index contributed by atoms with van der Waals surface area (Å²) in [5.41, 5.74) is 0. The number of rotatable bonds is 33. The zero-order chi connectivity index (χ0) is 26.9. The predicted molar refractivity (Wildman–Crippen MR) is 173 cm³/mol. The molecule has 0 radical (unpaired) electrons. The van der Waals surface area contributed by atoms with E-state index in [9.17, 15) is 0 Å². The lowest BCUT2D eigenvalue weighted by Gasteiger charge is -2.14. The van der Waals surface area contributed by atoms with Gasteiger partial charge in [-0.05, 0) is 5.92 Å². The molecule has 0 N–H and O–H groups in total. The molecular formula is C37H76. The van der Waals surface area contributed by atoms with Gasteiger partial charge in [-0.1, -0.05) is 233 Å². The summed E-state index contributed by atoms with van der Waals surface area (Å²) >= 11 is 0. The summed E-state index contributed by atoms with van der Waals surface area (Å²) in [6, 6.07) is 0. The van der Waals surface area contributed by atoms with Crippen LogP contribution < -0.4 is 0 Å². The van der Waals surface area contributed by atoms with E-state index < -0.39 is 0 Å². The van der Waals surface area contributed by atoms with E-state index in [1.54, 1.807) is 0 Å². The standard InChI is InChI=1S/C37H76/c1-4-7-9-11-13-15-17-19-21-23-25-27-29-31-33-35-37(6-3)36-34-32-30-28-26-24-22-20-18-16-14-12-10-8-5-2/h37H,4-36H2,1-3H3. The van der Waals surface area contributed by atoms with Crippen LogP contribution in [0.1, 0.15) is 233 Å². The van der Waals surface area contributed by atoms with Gasteiger partial charge in [0.25, 0.3) is 0 Å². The molecule has 0 saturated carbocycles. The van der Waals surface area contributed by atoms with Crippen LogP contribution in [0.25, 0.3) is 0 Å². The molecule has 0 aromatic heterocycles. The van der Waals surface area contributed by atoms with E-state index in [1.807, 2.05) is 0 Å². The van der Waals surface area contributed by atoms with Gasteiger partial charge < -0.3 is 0 Å². The molecule has 37 heavy (non-hydrogen) atoms. The molecule has 0 atom stereocenters. The number of unbranched alkanes of at least 4 members (excludes halogenated alkanes) is 28. The van der Waals surface area contributed by atoms with Crippen molar-refractivity contribution in [1.29, 1.82) is 0 Å². The topological polar surface area (TPSA) is 0 Å². The fraction of sp³-hybridized carbons (Fsp3) is 1.00. The summed E-state index contributed by atoms with van der Waals surface area (Å²) in [7, 11) is 0. The molecule has 0 heterocycles. The second kappa shape index (κ2) is 34.0. The Kier molecular flexibility index (Phi) is 34.0. The van der Waals surface area contributed by atoms with E-state index in [0.717, 1.165) is 5.92 Å². The highest BCUT2D eigenvalue weighted by molar-refractivity contribution is 4.59. The van der Waals surface area contributed by atoms with Gasteiger partial charge in [0.05, 0.1) is 0 Å². The van der Waals surface area contributed by atoms with E-state index in [2.05, 4.69) is 20.8 Å². The Bertz CT molecular complexity index is 338. The summed E-state index contributed by atoms with van der Waals surface area (Å²) < 4.78 is 0. The van der Waals surface area contributed by atoms with Gasteiger partial charge >= 0.3 is 0 Å². The Labute approximate surface area is 238 Å². The van der Waals surface area contributed by atoms with Crippen LogP contribution in [-0.2, 0) is 0 Å². The molecule has 0 saturated heterocycles. The molecule has 0 unspecified atom stereocenters. The lowest BCUT2D eigenvalue weighted by molar-refractivity contribution is 0.392. The van der Waals surface area contributed by atoms with Crippen molar-refractivity contribution in [2.75, 3.05) is 0 Å². The van der Waals surface area contributed by atoms with Crippen molar-refractivity contribution in [3.63, 3.8) is 0 Å². The van der Waals surface area contributed by atoms with Gasteiger partial charge in [0, 0.05) is 0 Å². The van der Waals surface area contributed by atoms with Crippen molar-refractivity contribution in [2.45, 2.75) is 233 Å². The fourth-order valence-electron chi connectivity index (χ4n) is 6.16. The number of hydrogen-bond donors (Lipinski definition) is 0. The molecule has 0 rings (SSSR count). The highest BCUT2D eigenvalue weighted by atomic mass is 14.1. The maximum absolute atomic E-state index is 2.43. The first-order valence-electron chi connectivity index (χ1n) is 18.3. The first kappa shape index (κ1) is 37.0. The van der Waals surface area contributed by atoms with Crippen LogP contribution in [0.2, 0.25) is 0 Å². The Hall–Kier alpha value is 0. The summed E-state index contributed by atoms with van der Waals surface area (Å²) in [5.74, 6) is 1.02. The third-order valence-corrected chi connectivity index (χ3v) is 9.01. The lowest BCUT2D eigenvalue weighted by Crippen LogP contribution is -1.99. The molecule has 0 aliphatic heterocycles. The van der Waals surface area contributed by atoms with E-state index in [0.29, 0.717) is 0 Å². The molecular weight excluding hydrogens is 444 g/mol. The smallest absolute Gasteiger partial charge is 0.0417 e. The minimum Gasteiger partial charge on any atom is -0.0654 e. The fourth-order valence-corrected chi connectivity index (χ4v) is 6.16. The van der Waals surface area contributed by atoms with Crippen molar-refractivity contribution >= 4 is 0 Å². The highest BCUT2D eigenvalue weighted by Crippen LogP contribution is 2.22. The summed E-state index contributed by atoms with van der Waals surface area (Å²) in [4.78, 5) is 0. The second-order valence-corrected chi connectivity index (χ2v) is 12.8. The van der Waals surface area contributed by atoms with E-state index in [1.165, 1.54) is 212 Å². The first-order chi connectivity index (χ1) is 18.3. The van der Waals surface area contributed by atoms with Crippen LogP contribution in [0, 0.1) is 5.92 Å². The molecule has 0 fully saturated rings. The van der Waals surface area contributed by atoms with Gasteiger partial charge in [-0.25, -0.2) is 0 Å². The Morgan fingerprint density at radius 1 is 0.243 bits per heavy atom. The second-order valence-electron chi connectivity index (χ2n) is 12.8. The molecule has 0 aromatic carbocycles. The SMILES string of the molecule is CCCCCCCCCCCCCCCCCC(CC)CCCCCCCCCCCCCCCCC. The molecule has 0 aliphatic rings. The van der Waals surface area contributed by atoms with Gasteiger partial charge in [0.1, 0.15) is 0 Å². The number of hydrogen-bond acceptors (Lipinski definition) is 0. The zero-order valence-corrected chi connectivity index (χ0v) is 26.9. The third kappa shape index (κ3) is 32.1. The van der Waals surface area contributed by atoms with Crippen LogP contribution in [0.4, 0.5) is 0 Å². The highest BCUT2D eigenvalue weighted by Gasteiger charge is 2.06. The molecule has 0 aliphatic carbocycles. The molecule has 0 spiro atoms. The van der Waals surface area contributed by atoms with Crippen LogP contribution in [0.5, 0.6) is 0 Å². The largest absolute Gasteiger partial charge is 0.0654 e. The average Bonchev–Trinajstić information content (AvgIpc) is 2.91. The maximum Gasteiger partial charge on any atom is -0.0417 e. The summed E-state index contributed by atoms with van der Waals surface area (Å²) in [6.45, 7) is 7.05. The quantitative estimate of drug-likeness (QED) is 0.0754. The molecule has 0 aromatic rings. The Morgan fingerprint density at radius 3 is 0.622 bits per heavy atom. The van der Waals surface area contributed by atoms with Gasteiger partial charge in [0.15, 0.2) is 0 Å². The Balaban J connectivity index is 3.25. The molecule has 0 bridgehead atoms. The van der Waals surface area contributed by atoms with Gasteiger partial charge in [0.2, 0.25) is 0 Å². The molecule has 0 heteroatoms. The Morgan fingerprint density at radius 2 is 0.432 bits per heavy atom. The maximum atomic E-state index is 2.43. The predicted octanol–water partition coefficient (Wildman–Crippen LogP) is 14.5. The summed E-state index contributed by atoms with van der Waals surface area (Å²) in [6.07, 6.45) is 48.8. The van der Waals surface area contributed by atoms with Crippen LogP contribution >= 0.6 is 0 Å². The van der Waals surface area contributed by atoms with Crippen LogP contribution in [0.3, 0.4) is 0 Å². The van der Waals surface area contributed by atoms with Gasteiger partial charge in [-0.3, -0.25) is 0 Å². The van der Waals surface area contributed by atoms with Crippen LogP contribution in [-0.4, -0.2) is 0 Å². The minimum absolute atomic E-state index is 1.02. The zero-order valence-electron chi connectivity index (χ0n) is 26.9. The lowest BCUT2D eigenvalue weighted by atomic mass is 9.92. The summed E-state index contributed by atoms with van der Waals surface area (Å²) in [5, 5.41) is 0. The van der Waals surface area contributed by atoms with E-state index >= 15 is 0 Å².